The number of hydrogen-bond acceptors (Lipinski definition) is 6. The summed E-state index contributed by atoms with van der Waals surface area (Å²) in [6.07, 6.45) is 0.179. The summed E-state index contributed by atoms with van der Waals surface area (Å²) >= 11 is 0. The summed E-state index contributed by atoms with van der Waals surface area (Å²) in [5.41, 5.74) is 2.09. The molecule has 3 atom stereocenters. The van der Waals surface area contributed by atoms with Crippen LogP contribution in [0, 0.1) is 11.6 Å². The fourth-order valence-corrected chi connectivity index (χ4v) is 3.74. The SMILES string of the molecule is COC(=O)CC(NC[C@@H](O)[C@H](Cc1cc(F)cc(F)c1)NC(C)=O)c1cccc(CCCO)c1. The lowest BCUT2D eigenvalue weighted by Crippen LogP contribution is -2.48. The summed E-state index contributed by atoms with van der Waals surface area (Å²) in [7, 11) is 1.29. The second kappa shape index (κ2) is 13.7. The minimum atomic E-state index is -1.12. The van der Waals surface area contributed by atoms with Crippen molar-refractivity contribution in [2.75, 3.05) is 20.3 Å². The van der Waals surface area contributed by atoms with E-state index in [0.29, 0.717) is 12.8 Å². The molecule has 2 rings (SSSR count). The molecule has 0 radical (unpaired) electrons. The minimum absolute atomic E-state index is 0.00653. The van der Waals surface area contributed by atoms with Gasteiger partial charge in [-0.1, -0.05) is 24.3 Å². The van der Waals surface area contributed by atoms with Crippen LogP contribution in [0.1, 0.15) is 42.5 Å². The zero-order valence-electron chi connectivity index (χ0n) is 19.4. The zero-order chi connectivity index (χ0) is 25.1. The van der Waals surface area contributed by atoms with Gasteiger partial charge in [-0.25, -0.2) is 8.78 Å². The molecule has 0 saturated heterocycles. The van der Waals surface area contributed by atoms with Gasteiger partial charge >= 0.3 is 5.97 Å². The molecule has 2 aromatic carbocycles. The summed E-state index contributed by atoms with van der Waals surface area (Å²) in [4.78, 5) is 23.7. The van der Waals surface area contributed by atoms with Crippen molar-refractivity contribution in [3.05, 3.63) is 70.8 Å². The van der Waals surface area contributed by atoms with Gasteiger partial charge in [0.1, 0.15) is 11.6 Å². The number of methoxy groups -OCH3 is 1. The van der Waals surface area contributed by atoms with Crippen LogP contribution in [0.3, 0.4) is 0 Å². The topological polar surface area (TPSA) is 108 Å². The average molecular weight is 479 g/mol. The quantitative estimate of drug-likeness (QED) is 0.329. The van der Waals surface area contributed by atoms with Crippen molar-refractivity contribution in [2.24, 2.45) is 0 Å². The maximum atomic E-state index is 13.6. The predicted molar refractivity (Wildman–Crippen MR) is 123 cm³/mol. The smallest absolute Gasteiger partial charge is 0.307 e. The van der Waals surface area contributed by atoms with E-state index in [1.807, 2.05) is 24.3 Å². The normalized spacial score (nSPS) is 13.7. The van der Waals surface area contributed by atoms with Crippen LogP contribution in [0.4, 0.5) is 8.78 Å². The molecule has 4 N–H and O–H groups in total. The highest BCUT2D eigenvalue weighted by Crippen LogP contribution is 2.20. The number of ether oxygens (including phenoxy) is 1. The van der Waals surface area contributed by atoms with Gasteiger partial charge in [-0.05, 0) is 48.1 Å². The van der Waals surface area contributed by atoms with E-state index in [9.17, 15) is 23.5 Å². The number of nitrogens with one attached hydrogen (secondary N) is 2. The van der Waals surface area contributed by atoms with Crippen LogP contribution in [-0.2, 0) is 27.2 Å². The number of carbonyl (C=O) groups is 2. The number of aliphatic hydroxyl groups is 2. The van der Waals surface area contributed by atoms with Crippen molar-refractivity contribution in [1.29, 1.82) is 0 Å². The molecule has 0 aliphatic carbocycles. The van der Waals surface area contributed by atoms with E-state index in [2.05, 4.69) is 10.6 Å². The Labute approximate surface area is 198 Å². The fourth-order valence-electron chi connectivity index (χ4n) is 3.74. The lowest BCUT2D eigenvalue weighted by atomic mass is 9.97. The molecule has 34 heavy (non-hydrogen) atoms. The third-order valence-electron chi connectivity index (χ3n) is 5.38. The van der Waals surface area contributed by atoms with Crippen LogP contribution >= 0.6 is 0 Å². The first-order chi connectivity index (χ1) is 16.2. The Hall–Kier alpha value is -2.88. The highest BCUT2D eigenvalue weighted by Gasteiger charge is 2.24. The first-order valence-corrected chi connectivity index (χ1v) is 11.1. The molecule has 0 aliphatic rings. The van der Waals surface area contributed by atoms with Gasteiger partial charge < -0.3 is 25.6 Å². The second-order valence-electron chi connectivity index (χ2n) is 8.17. The number of carbonyl (C=O) groups excluding carboxylic acids is 2. The van der Waals surface area contributed by atoms with Crippen LogP contribution in [-0.4, -0.2) is 54.5 Å². The molecule has 0 bridgehead atoms. The molecule has 0 saturated carbocycles. The molecule has 0 heterocycles. The summed E-state index contributed by atoms with van der Waals surface area (Å²) in [6, 6.07) is 9.28. The number of halogens is 2. The van der Waals surface area contributed by atoms with Gasteiger partial charge in [-0.15, -0.1) is 0 Å². The van der Waals surface area contributed by atoms with E-state index >= 15 is 0 Å². The molecule has 0 fully saturated rings. The Balaban J connectivity index is 2.16. The maximum absolute atomic E-state index is 13.6. The molecule has 1 amide bonds. The van der Waals surface area contributed by atoms with Crippen molar-refractivity contribution in [2.45, 2.75) is 50.8 Å². The van der Waals surface area contributed by atoms with E-state index < -0.39 is 41.7 Å². The van der Waals surface area contributed by atoms with E-state index in [1.165, 1.54) is 14.0 Å². The Kier molecular flexibility index (Phi) is 11.1. The maximum Gasteiger partial charge on any atom is 0.307 e. The highest BCUT2D eigenvalue weighted by molar-refractivity contribution is 5.73. The lowest BCUT2D eigenvalue weighted by Gasteiger charge is -2.27. The van der Waals surface area contributed by atoms with Gasteiger partial charge in [0.05, 0.1) is 25.7 Å². The van der Waals surface area contributed by atoms with E-state index in [1.54, 1.807) is 0 Å². The largest absolute Gasteiger partial charge is 0.469 e. The van der Waals surface area contributed by atoms with Gasteiger partial charge in [-0.3, -0.25) is 9.59 Å². The van der Waals surface area contributed by atoms with Gasteiger partial charge in [0, 0.05) is 32.2 Å². The molecular weight excluding hydrogens is 446 g/mol. The number of aliphatic hydroxyl groups excluding tert-OH is 2. The van der Waals surface area contributed by atoms with Crippen molar-refractivity contribution in [1.82, 2.24) is 10.6 Å². The number of hydrogen-bond donors (Lipinski definition) is 4. The number of esters is 1. The lowest BCUT2D eigenvalue weighted by molar-refractivity contribution is -0.141. The van der Waals surface area contributed by atoms with E-state index in [-0.39, 0.29) is 31.6 Å². The summed E-state index contributed by atoms with van der Waals surface area (Å²) in [5.74, 6) is -2.34. The zero-order valence-corrected chi connectivity index (χ0v) is 19.4. The molecular formula is C25H32F2N2O5. The molecule has 186 valence electrons. The van der Waals surface area contributed by atoms with Crippen molar-refractivity contribution >= 4 is 11.9 Å². The van der Waals surface area contributed by atoms with Crippen LogP contribution in [0.25, 0.3) is 0 Å². The first kappa shape index (κ1) is 27.4. The van der Waals surface area contributed by atoms with Crippen LogP contribution in [0.5, 0.6) is 0 Å². The number of amides is 1. The Morgan fingerprint density at radius 2 is 1.79 bits per heavy atom. The number of aryl methyl sites for hydroxylation is 1. The van der Waals surface area contributed by atoms with E-state index in [4.69, 9.17) is 9.84 Å². The van der Waals surface area contributed by atoms with Gasteiger partial charge in [0.25, 0.3) is 0 Å². The molecule has 7 nitrogen and oxygen atoms in total. The van der Waals surface area contributed by atoms with E-state index in [0.717, 1.165) is 29.3 Å². The molecule has 2 aromatic rings. The van der Waals surface area contributed by atoms with Gasteiger partial charge in [-0.2, -0.15) is 0 Å². The summed E-state index contributed by atoms with van der Waals surface area (Å²) < 4.78 is 32.0. The summed E-state index contributed by atoms with van der Waals surface area (Å²) in [5, 5.41) is 25.7. The molecule has 0 aliphatic heterocycles. The minimum Gasteiger partial charge on any atom is -0.469 e. The number of rotatable bonds is 13. The third-order valence-corrected chi connectivity index (χ3v) is 5.38. The Morgan fingerprint density at radius 1 is 1.09 bits per heavy atom. The molecule has 1 unspecified atom stereocenters. The van der Waals surface area contributed by atoms with Crippen LogP contribution < -0.4 is 10.6 Å². The monoisotopic (exact) mass is 478 g/mol. The number of benzene rings is 2. The van der Waals surface area contributed by atoms with Crippen molar-refractivity contribution in [3.63, 3.8) is 0 Å². The average Bonchev–Trinajstić information content (AvgIpc) is 2.78. The molecule has 9 heteroatoms. The van der Waals surface area contributed by atoms with Gasteiger partial charge in [0.15, 0.2) is 0 Å². The third kappa shape index (κ3) is 9.17. The van der Waals surface area contributed by atoms with Gasteiger partial charge in [0.2, 0.25) is 5.91 Å². The highest BCUT2D eigenvalue weighted by atomic mass is 19.1. The van der Waals surface area contributed by atoms with Crippen LogP contribution in [0.15, 0.2) is 42.5 Å². The standard InChI is InChI=1S/C25H32F2N2O5/c1-16(31)29-23(12-18-10-20(26)13-21(27)11-18)24(32)15-28-22(14-25(33)34-2)19-7-3-5-17(9-19)6-4-8-30/h3,5,7,9-11,13,22-24,28,30,32H,4,6,8,12,14-15H2,1-2H3,(H,29,31)/t22?,23-,24+/m0/s1. The molecule has 0 aromatic heterocycles. The fraction of sp³-hybridized carbons (Fsp3) is 0.440. The second-order valence-corrected chi connectivity index (χ2v) is 8.17. The first-order valence-electron chi connectivity index (χ1n) is 11.1. The van der Waals surface area contributed by atoms with Crippen molar-refractivity contribution < 1.29 is 33.3 Å². The Morgan fingerprint density at radius 3 is 2.41 bits per heavy atom. The Bertz CT molecular complexity index is 936. The predicted octanol–water partition coefficient (Wildman–Crippen LogP) is 2.19. The van der Waals surface area contributed by atoms with Crippen molar-refractivity contribution in [3.8, 4) is 0 Å². The molecule has 0 spiro atoms. The summed E-state index contributed by atoms with van der Waals surface area (Å²) in [6.45, 7) is 1.35. The van der Waals surface area contributed by atoms with Crippen LogP contribution in [0.2, 0.25) is 0 Å².